The zero-order chi connectivity index (χ0) is 14.0. The SMILES string of the molecule is C[Si]1(C)c2ccccc2C2(CC(=O)N2)c2cnccc21. The molecular weight excluding hydrogens is 264 g/mol. The third-order valence-corrected chi connectivity index (χ3v) is 8.36. The molecule has 1 saturated heterocycles. The van der Waals surface area contributed by atoms with Gasteiger partial charge in [0.05, 0.1) is 6.42 Å². The van der Waals surface area contributed by atoms with Gasteiger partial charge in [-0.25, -0.2) is 0 Å². The Morgan fingerprint density at radius 3 is 2.60 bits per heavy atom. The Hall–Kier alpha value is -1.94. The molecule has 1 aromatic heterocycles. The van der Waals surface area contributed by atoms with Crippen LogP contribution in [0.25, 0.3) is 0 Å². The molecule has 1 N–H and O–H groups in total. The van der Waals surface area contributed by atoms with E-state index in [1.165, 1.54) is 21.5 Å². The number of nitrogens with one attached hydrogen (secondary N) is 1. The van der Waals surface area contributed by atoms with Crippen molar-refractivity contribution in [2.45, 2.75) is 25.1 Å². The van der Waals surface area contributed by atoms with Gasteiger partial charge < -0.3 is 5.32 Å². The Balaban J connectivity index is 2.08. The molecule has 0 bridgehead atoms. The molecule has 1 aromatic carbocycles. The van der Waals surface area contributed by atoms with Crippen molar-refractivity contribution in [3.63, 3.8) is 0 Å². The molecule has 1 fully saturated rings. The van der Waals surface area contributed by atoms with Gasteiger partial charge in [0, 0.05) is 18.0 Å². The Morgan fingerprint density at radius 2 is 1.85 bits per heavy atom. The van der Waals surface area contributed by atoms with Crippen LogP contribution in [0.2, 0.25) is 13.1 Å². The lowest BCUT2D eigenvalue weighted by atomic mass is 9.75. The smallest absolute Gasteiger partial charge is 0.224 e. The predicted molar refractivity (Wildman–Crippen MR) is 81.0 cm³/mol. The first kappa shape index (κ1) is 11.8. The van der Waals surface area contributed by atoms with E-state index in [1.54, 1.807) is 0 Å². The summed E-state index contributed by atoms with van der Waals surface area (Å²) in [4.78, 5) is 15.9. The number of rotatable bonds is 0. The van der Waals surface area contributed by atoms with E-state index in [2.05, 4.69) is 53.7 Å². The number of carbonyl (C=O) groups excluding carboxylic acids is 1. The highest BCUT2D eigenvalue weighted by Crippen LogP contribution is 2.41. The van der Waals surface area contributed by atoms with Crippen molar-refractivity contribution in [1.29, 1.82) is 0 Å². The number of β-lactam (4-membered cyclic amide) rings is 1. The quantitative estimate of drug-likeness (QED) is 0.577. The minimum atomic E-state index is -1.72. The lowest BCUT2D eigenvalue weighted by Gasteiger charge is -2.50. The molecule has 0 aliphatic carbocycles. The highest BCUT2D eigenvalue weighted by atomic mass is 28.3. The van der Waals surface area contributed by atoms with E-state index < -0.39 is 8.07 Å². The maximum absolute atomic E-state index is 11.6. The summed E-state index contributed by atoms with van der Waals surface area (Å²) in [6.45, 7) is 4.75. The third kappa shape index (κ3) is 1.25. The second-order valence-electron chi connectivity index (χ2n) is 6.22. The molecule has 0 saturated carbocycles. The van der Waals surface area contributed by atoms with E-state index in [0.717, 1.165) is 0 Å². The lowest BCUT2D eigenvalue weighted by molar-refractivity contribution is -0.131. The molecule has 1 spiro atoms. The van der Waals surface area contributed by atoms with Crippen LogP contribution in [0.1, 0.15) is 17.5 Å². The molecule has 100 valence electrons. The average molecular weight is 280 g/mol. The number of fused-ring (bicyclic) bond motifs is 4. The first-order valence-electron chi connectivity index (χ1n) is 6.92. The van der Waals surface area contributed by atoms with E-state index in [9.17, 15) is 4.79 Å². The Kier molecular flexibility index (Phi) is 2.12. The van der Waals surface area contributed by atoms with Crippen LogP contribution in [0.3, 0.4) is 0 Å². The molecule has 2 aromatic rings. The summed E-state index contributed by atoms with van der Waals surface area (Å²) < 4.78 is 0. The predicted octanol–water partition coefficient (Wildman–Crippen LogP) is 0.981. The normalized spacial score (nSPS) is 25.4. The average Bonchev–Trinajstić information content (AvgIpc) is 2.43. The van der Waals surface area contributed by atoms with E-state index >= 15 is 0 Å². The van der Waals surface area contributed by atoms with E-state index in [1.807, 2.05) is 12.4 Å². The van der Waals surface area contributed by atoms with Crippen molar-refractivity contribution in [3.8, 4) is 0 Å². The number of hydrogen-bond donors (Lipinski definition) is 1. The molecule has 20 heavy (non-hydrogen) atoms. The Bertz CT molecular complexity index is 679. The maximum atomic E-state index is 11.6. The summed E-state index contributed by atoms with van der Waals surface area (Å²) >= 11 is 0. The van der Waals surface area contributed by atoms with E-state index in [-0.39, 0.29) is 11.4 Å². The molecule has 0 radical (unpaired) electrons. The van der Waals surface area contributed by atoms with Crippen LogP contribution in [0.15, 0.2) is 42.7 Å². The Labute approximate surface area is 119 Å². The molecular formula is C16H16N2OSi. The molecule has 2 aliphatic heterocycles. The molecule has 4 rings (SSSR count). The summed E-state index contributed by atoms with van der Waals surface area (Å²) in [5.74, 6) is 0.121. The van der Waals surface area contributed by atoms with Gasteiger partial charge in [0.1, 0.15) is 13.6 Å². The Morgan fingerprint density at radius 1 is 1.15 bits per heavy atom. The third-order valence-electron chi connectivity index (χ3n) is 4.79. The van der Waals surface area contributed by atoms with Crippen molar-refractivity contribution in [2.75, 3.05) is 0 Å². The van der Waals surface area contributed by atoms with Crippen LogP contribution in [0.4, 0.5) is 0 Å². The van der Waals surface area contributed by atoms with Crippen LogP contribution >= 0.6 is 0 Å². The number of aromatic nitrogens is 1. The van der Waals surface area contributed by atoms with Gasteiger partial charge in [-0.15, -0.1) is 0 Å². The topological polar surface area (TPSA) is 42.0 Å². The van der Waals surface area contributed by atoms with Crippen LogP contribution in [-0.4, -0.2) is 19.0 Å². The summed E-state index contributed by atoms with van der Waals surface area (Å²) in [5.41, 5.74) is 2.14. The van der Waals surface area contributed by atoms with Crippen LogP contribution < -0.4 is 15.7 Å². The van der Waals surface area contributed by atoms with Gasteiger partial charge in [-0.05, 0) is 22.0 Å². The summed E-state index contributed by atoms with van der Waals surface area (Å²) in [5, 5.41) is 5.98. The number of benzene rings is 1. The molecule has 1 amide bonds. The van der Waals surface area contributed by atoms with E-state index in [0.29, 0.717) is 6.42 Å². The van der Waals surface area contributed by atoms with Crippen LogP contribution in [0, 0.1) is 0 Å². The first-order chi connectivity index (χ1) is 9.56. The van der Waals surface area contributed by atoms with Gasteiger partial charge in [-0.1, -0.05) is 37.4 Å². The van der Waals surface area contributed by atoms with Gasteiger partial charge >= 0.3 is 0 Å². The highest BCUT2D eigenvalue weighted by Gasteiger charge is 2.54. The lowest BCUT2D eigenvalue weighted by Crippen LogP contribution is -2.71. The fourth-order valence-corrected chi connectivity index (χ4v) is 6.97. The van der Waals surface area contributed by atoms with Crippen LogP contribution in [-0.2, 0) is 10.3 Å². The number of carbonyl (C=O) groups is 1. The minimum Gasteiger partial charge on any atom is -0.342 e. The molecule has 1 unspecified atom stereocenters. The van der Waals surface area contributed by atoms with Gasteiger partial charge in [0.2, 0.25) is 5.91 Å². The molecule has 3 nitrogen and oxygen atoms in total. The fourth-order valence-electron chi connectivity index (χ4n) is 3.76. The van der Waals surface area contributed by atoms with Gasteiger partial charge in [0.25, 0.3) is 0 Å². The number of hydrogen-bond acceptors (Lipinski definition) is 2. The van der Waals surface area contributed by atoms with Gasteiger partial charge in [-0.2, -0.15) is 0 Å². The van der Waals surface area contributed by atoms with Crippen molar-refractivity contribution in [1.82, 2.24) is 10.3 Å². The largest absolute Gasteiger partial charge is 0.342 e. The van der Waals surface area contributed by atoms with Crippen molar-refractivity contribution in [3.05, 3.63) is 53.9 Å². The molecule has 3 heterocycles. The fraction of sp³-hybridized carbons (Fsp3) is 0.250. The highest BCUT2D eigenvalue weighted by molar-refractivity contribution is 7.01. The molecule has 2 aliphatic rings. The second kappa shape index (κ2) is 3.58. The summed E-state index contributed by atoms with van der Waals surface area (Å²) in [6, 6.07) is 10.7. The zero-order valence-electron chi connectivity index (χ0n) is 11.6. The minimum absolute atomic E-state index is 0.121. The van der Waals surface area contributed by atoms with E-state index in [4.69, 9.17) is 0 Å². The van der Waals surface area contributed by atoms with Crippen molar-refractivity contribution in [2.24, 2.45) is 0 Å². The van der Waals surface area contributed by atoms with Crippen LogP contribution in [0.5, 0.6) is 0 Å². The maximum Gasteiger partial charge on any atom is 0.224 e. The van der Waals surface area contributed by atoms with Gasteiger partial charge in [0.15, 0.2) is 0 Å². The summed E-state index contributed by atoms with van der Waals surface area (Å²) in [7, 11) is -1.72. The van der Waals surface area contributed by atoms with Gasteiger partial charge in [-0.3, -0.25) is 9.78 Å². The number of amides is 1. The first-order valence-corrected chi connectivity index (χ1v) is 9.92. The van der Waals surface area contributed by atoms with Crippen molar-refractivity contribution < 1.29 is 4.79 Å². The number of pyridine rings is 1. The summed E-state index contributed by atoms with van der Waals surface area (Å²) in [6.07, 6.45) is 4.35. The standard InChI is InChI=1S/C16H16N2OSi/c1-20(2)13-6-4-3-5-11(13)16(9-15(19)18-16)12-10-17-8-7-14(12)20/h3-8,10H,9H2,1-2H3,(H,18,19). The molecule has 1 atom stereocenters. The van der Waals surface area contributed by atoms with Crippen molar-refractivity contribution >= 4 is 24.4 Å². The zero-order valence-corrected chi connectivity index (χ0v) is 12.6. The number of nitrogens with zero attached hydrogens (tertiary/aromatic N) is 1. The monoisotopic (exact) mass is 280 g/mol. The molecule has 4 heteroatoms. The second-order valence-corrected chi connectivity index (χ2v) is 10.5.